The average Bonchev–Trinajstić information content (AvgIpc) is 2.52. The zero-order valence-electron chi connectivity index (χ0n) is 14.6. The number of amides is 2. The van der Waals surface area contributed by atoms with Crippen LogP contribution in [-0.2, 0) is 9.53 Å². The lowest BCUT2D eigenvalue weighted by atomic mass is 10.2. The lowest BCUT2D eigenvalue weighted by Crippen LogP contribution is -2.52. The second-order valence-electron chi connectivity index (χ2n) is 5.98. The number of ether oxygens (including phenoxy) is 1. The molecule has 1 aliphatic heterocycles. The molecule has 0 spiro atoms. The van der Waals surface area contributed by atoms with E-state index in [9.17, 15) is 14.7 Å². The largest absolute Gasteiger partial charge is 0.506 e. The topological polar surface area (TPSA) is 94.1 Å². The summed E-state index contributed by atoms with van der Waals surface area (Å²) in [5.74, 6) is -0.306. The first-order valence-corrected chi connectivity index (χ1v) is 7.79. The van der Waals surface area contributed by atoms with Crippen LogP contribution in [0.2, 0.25) is 0 Å². The van der Waals surface area contributed by atoms with E-state index >= 15 is 0 Å². The fourth-order valence-corrected chi connectivity index (χ4v) is 2.67. The summed E-state index contributed by atoms with van der Waals surface area (Å²) in [5, 5.41) is 15.1. The summed E-state index contributed by atoms with van der Waals surface area (Å²) in [6, 6.07) is 4.76. The maximum Gasteiger partial charge on any atom is 0.411 e. The number of nitrogens with one attached hydrogen (secondary N) is 2. The molecule has 0 aromatic heterocycles. The smallest absolute Gasteiger partial charge is 0.411 e. The van der Waals surface area contributed by atoms with Crippen LogP contribution in [0, 0.1) is 0 Å². The first-order valence-electron chi connectivity index (χ1n) is 7.79. The fraction of sp³-hybridized carbons (Fsp3) is 0.500. The van der Waals surface area contributed by atoms with E-state index in [0.29, 0.717) is 17.4 Å². The SMILES string of the molecule is COC(=O)Nc1ccc(NC(=O)CN2CCN(C)CC2C)c(O)c1.Cl. The highest BCUT2D eigenvalue weighted by Crippen LogP contribution is 2.27. The molecule has 25 heavy (non-hydrogen) atoms. The molecule has 1 aliphatic rings. The number of carbonyl (C=O) groups excluding carboxylic acids is 2. The minimum atomic E-state index is -0.629. The summed E-state index contributed by atoms with van der Waals surface area (Å²) in [7, 11) is 3.32. The molecule has 2 rings (SSSR count). The van der Waals surface area contributed by atoms with Gasteiger partial charge >= 0.3 is 6.09 Å². The zero-order chi connectivity index (χ0) is 17.7. The molecule has 0 saturated carbocycles. The van der Waals surface area contributed by atoms with Crippen LogP contribution >= 0.6 is 12.4 Å². The summed E-state index contributed by atoms with van der Waals surface area (Å²) < 4.78 is 4.48. The van der Waals surface area contributed by atoms with Gasteiger partial charge in [-0.1, -0.05) is 0 Å². The lowest BCUT2D eigenvalue weighted by Gasteiger charge is -2.37. The average molecular weight is 373 g/mol. The molecular weight excluding hydrogens is 348 g/mol. The number of methoxy groups -OCH3 is 1. The third-order valence-corrected chi connectivity index (χ3v) is 4.02. The van der Waals surface area contributed by atoms with Crippen LogP contribution in [0.15, 0.2) is 18.2 Å². The van der Waals surface area contributed by atoms with Crippen LogP contribution in [0.25, 0.3) is 0 Å². The van der Waals surface area contributed by atoms with Gasteiger partial charge in [0.1, 0.15) is 5.75 Å². The number of rotatable bonds is 4. The number of phenols is 1. The van der Waals surface area contributed by atoms with E-state index < -0.39 is 6.09 Å². The number of benzene rings is 1. The standard InChI is InChI=1S/C16H24N4O4.ClH/c1-11-9-19(2)6-7-20(11)10-15(22)18-13-5-4-12(8-14(13)21)17-16(23)24-3;/h4-5,8,11,21H,6-7,9-10H2,1-3H3,(H,17,23)(H,18,22);1H. The lowest BCUT2D eigenvalue weighted by molar-refractivity contribution is -0.118. The number of hydrogen-bond acceptors (Lipinski definition) is 6. The maximum atomic E-state index is 12.2. The van der Waals surface area contributed by atoms with Gasteiger partial charge in [0.15, 0.2) is 0 Å². The Kier molecular flexibility index (Phi) is 7.95. The Morgan fingerprint density at radius 2 is 2.04 bits per heavy atom. The Bertz CT molecular complexity index is 614. The van der Waals surface area contributed by atoms with Gasteiger partial charge in [-0.3, -0.25) is 15.0 Å². The molecular formula is C16H25ClN4O4. The first-order chi connectivity index (χ1) is 11.4. The highest BCUT2D eigenvalue weighted by molar-refractivity contribution is 5.94. The zero-order valence-corrected chi connectivity index (χ0v) is 15.4. The van der Waals surface area contributed by atoms with Crippen LogP contribution in [0.4, 0.5) is 16.2 Å². The molecule has 1 fully saturated rings. The number of halogens is 1. The molecule has 140 valence electrons. The summed E-state index contributed by atoms with van der Waals surface area (Å²) in [6.07, 6.45) is -0.629. The summed E-state index contributed by atoms with van der Waals surface area (Å²) in [4.78, 5) is 27.7. The van der Waals surface area contributed by atoms with Crippen molar-refractivity contribution in [2.24, 2.45) is 0 Å². The van der Waals surface area contributed by atoms with Gasteiger partial charge in [-0.25, -0.2) is 4.79 Å². The fourth-order valence-electron chi connectivity index (χ4n) is 2.67. The molecule has 1 aromatic rings. The van der Waals surface area contributed by atoms with Crippen molar-refractivity contribution in [1.82, 2.24) is 9.80 Å². The minimum Gasteiger partial charge on any atom is -0.506 e. The number of carbonyl (C=O) groups is 2. The Labute approximate surface area is 153 Å². The van der Waals surface area contributed by atoms with E-state index in [-0.39, 0.29) is 30.6 Å². The number of likely N-dealkylation sites (N-methyl/N-ethyl adjacent to an activating group) is 1. The van der Waals surface area contributed by atoms with E-state index in [1.807, 2.05) is 0 Å². The summed E-state index contributed by atoms with van der Waals surface area (Å²) in [5.41, 5.74) is 0.683. The maximum absolute atomic E-state index is 12.2. The molecule has 2 amide bonds. The van der Waals surface area contributed by atoms with Gasteiger partial charge in [0.25, 0.3) is 0 Å². The van der Waals surface area contributed by atoms with E-state index in [2.05, 4.69) is 39.1 Å². The molecule has 1 heterocycles. The Morgan fingerprint density at radius 3 is 2.64 bits per heavy atom. The van der Waals surface area contributed by atoms with Crippen molar-refractivity contribution in [3.8, 4) is 5.75 Å². The van der Waals surface area contributed by atoms with Gasteiger partial charge in [-0.15, -0.1) is 12.4 Å². The highest BCUT2D eigenvalue weighted by atomic mass is 35.5. The van der Waals surface area contributed by atoms with Gasteiger partial charge in [0.2, 0.25) is 5.91 Å². The van der Waals surface area contributed by atoms with E-state index in [0.717, 1.165) is 19.6 Å². The third-order valence-electron chi connectivity index (χ3n) is 4.02. The van der Waals surface area contributed by atoms with E-state index in [1.165, 1.54) is 19.2 Å². The summed E-state index contributed by atoms with van der Waals surface area (Å²) in [6.45, 7) is 5.05. The number of piperazine rings is 1. The second-order valence-corrected chi connectivity index (χ2v) is 5.98. The molecule has 8 nitrogen and oxygen atoms in total. The van der Waals surface area contributed by atoms with Gasteiger partial charge in [-0.2, -0.15) is 0 Å². The van der Waals surface area contributed by atoms with Gasteiger partial charge in [-0.05, 0) is 26.1 Å². The molecule has 1 saturated heterocycles. The van der Waals surface area contributed by atoms with Crippen LogP contribution < -0.4 is 10.6 Å². The predicted octanol–water partition coefficient (Wildman–Crippen LogP) is 1.57. The van der Waals surface area contributed by atoms with Crippen molar-refractivity contribution < 1.29 is 19.4 Å². The molecule has 0 bridgehead atoms. The molecule has 9 heteroatoms. The normalized spacial score (nSPS) is 18.1. The first kappa shape index (κ1) is 21.0. The van der Waals surface area contributed by atoms with Crippen molar-refractivity contribution in [1.29, 1.82) is 0 Å². The second kappa shape index (κ2) is 9.45. The van der Waals surface area contributed by atoms with Crippen molar-refractivity contribution in [3.05, 3.63) is 18.2 Å². The van der Waals surface area contributed by atoms with Gasteiger partial charge in [0, 0.05) is 37.4 Å². The van der Waals surface area contributed by atoms with Crippen LogP contribution in [0.5, 0.6) is 5.75 Å². The highest BCUT2D eigenvalue weighted by Gasteiger charge is 2.23. The quantitative estimate of drug-likeness (QED) is 0.694. The molecule has 1 unspecified atom stereocenters. The van der Waals surface area contributed by atoms with Gasteiger partial charge in [0.05, 0.1) is 19.3 Å². The van der Waals surface area contributed by atoms with Crippen LogP contribution in [-0.4, -0.2) is 73.3 Å². The molecule has 1 aromatic carbocycles. The van der Waals surface area contributed by atoms with Gasteiger partial charge < -0.3 is 20.1 Å². The number of aromatic hydroxyl groups is 1. The van der Waals surface area contributed by atoms with Crippen molar-refractivity contribution in [3.63, 3.8) is 0 Å². The number of phenolic OH excluding ortho intramolecular Hbond substituents is 1. The Morgan fingerprint density at radius 1 is 1.32 bits per heavy atom. The van der Waals surface area contributed by atoms with E-state index in [4.69, 9.17) is 0 Å². The molecule has 3 N–H and O–H groups in total. The molecule has 0 radical (unpaired) electrons. The number of hydrogen-bond donors (Lipinski definition) is 3. The summed E-state index contributed by atoms with van der Waals surface area (Å²) >= 11 is 0. The predicted molar refractivity (Wildman–Crippen MR) is 98.5 cm³/mol. The Balaban J connectivity index is 0.00000312. The molecule has 0 aliphatic carbocycles. The minimum absolute atomic E-state index is 0. The van der Waals surface area contributed by atoms with Crippen molar-refractivity contribution >= 4 is 35.8 Å². The van der Waals surface area contributed by atoms with Crippen LogP contribution in [0.3, 0.4) is 0 Å². The number of nitrogens with zero attached hydrogens (tertiary/aromatic N) is 2. The molecule has 1 atom stereocenters. The van der Waals surface area contributed by atoms with Crippen LogP contribution in [0.1, 0.15) is 6.92 Å². The number of anilines is 2. The van der Waals surface area contributed by atoms with Crippen molar-refractivity contribution in [2.45, 2.75) is 13.0 Å². The van der Waals surface area contributed by atoms with Crippen molar-refractivity contribution in [2.75, 3.05) is 51.0 Å². The third kappa shape index (κ3) is 6.08. The Hall–Kier alpha value is -2.03. The van der Waals surface area contributed by atoms with E-state index in [1.54, 1.807) is 6.07 Å². The monoisotopic (exact) mass is 372 g/mol.